The molecule has 0 radical (unpaired) electrons. The van der Waals surface area contributed by atoms with Gasteiger partial charge in [-0.3, -0.25) is 43.3 Å². The maximum Gasteiger partial charge on any atom is 0.332 e. The molecule has 0 bridgehead atoms. The number of nitrogens with one attached hydrogen (secondary N) is 2. The van der Waals surface area contributed by atoms with Crippen LogP contribution in [0.2, 0.25) is 0 Å². The highest BCUT2D eigenvalue weighted by Crippen LogP contribution is 2.32. The van der Waals surface area contributed by atoms with Crippen molar-refractivity contribution < 1.29 is 53.0 Å². The van der Waals surface area contributed by atoms with Crippen LogP contribution in [0.5, 0.6) is 0 Å². The molecule has 2 aliphatic heterocycles. The van der Waals surface area contributed by atoms with Crippen molar-refractivity contribution in [2.45, 2.75) is 188 Å². The molecule has 484 valence electrons. The number of benzene rings is 3. The molecule has 3 N–H and O–H groups in total. The number of ketones is 1. The van der Waals surface area contributed by atoms with E-state index in [0.717, 1.165) is 26.9 Å². The second kappa shape index (κ2) is 30.8. The first-order valence-corrected chi connectivity index (χ1v) is 31.8. The summed E-state index contributed by atoms with van der Waals surface area (Å²) in [5.41, 5.74) is 1.95. The van der Waals surface area contributed by atoms with Gasteiger partial charge in [-0.05, 0) is 97.6 Å². The summed E-state index contributed by atoms with van der Waals surface area (Å²) in [5, 5.41) is 18.7. The Balaban J connectivity index is 1.53. The maximum atomic E-state index is 15.8. The molecule has 2 aliphatic rings. The third kappa shape index (κ3) is 16.8. The Hall–Kier alpha value is -7.54. The van der Waals surface area contributed by atoms with Gasteiger partial charge >= 0.3 is 5.97 Å². The standard InChI is InChI=1S/C70H98N8O11/c1-17-44(9)57-67(85)75(14)58(42(5)6)56(79)40-49(36-41(3)4)64(82)77(16)61(70(11,12)88)69(87)89-60(45(10)18-2)68(86)76(15)59(43(7)8)63(81)72-53(38-46-26-20-19-21-27-46)65(83)74(13)55(66(84)78-35-25-33-54(78)62(80)73-57)39-47-28-22-29-48(37-47)50-30-23-32-52-51(50)31-24-34-71-52/h19-24,26-32,34,37,41-45,49,53-55,57-61,88H,17-18,25,33,35-36,38-40H2,1-16H3,(H,72,81)(H,73,80)/t44-,45-,49+,53-,54-,55-,57-,58-,59-,60+,61+/m0/s1. The number of hydrogen-bond acceptors (Lipinski definition) is 12. The number of likely N-dealkylation sites (N-methyl/N-ethyl adjacent to an activating group) is 4. The Labute approximate surface area is 527 Å². The summed E-state index contributed by atoms with van der Waals surface area (Å²) in [6.07, 6.45) is 1.45. The minimum Gasteiger partial charge on any atom is -0.450 e. The topological polar surface area (TPSA) is 236 Å². The van der Waals surface area contributed by atoms with Gasteiger partial charge in [-0.25, -0.2) is 4.79 Å². The minimum atomic E-state index is -1.96. The Kier molecular flexibility index (Phi) is 24.4. The van der Waals surface area contributed by atoms with E-state index in [9.17, 15) is 19.5 Å². The molecule has 11 atom stereocenters. The summed E-state index contributed by atoms with van der Waals surface area (Å²) < 4.78 is 6.16. The van der Waals surface area contributed by atoms with Crippen LogP contribution in [0.1, 0.15) is 133 Å². The number of rotatable bonds is 14. The van der Waals surface area contributed by atoms with Crippen LogP contribution in [-0.4, -0.2) is 176 Å². The monoisotopic (exact) mass is 1230 g/mol. The highest BCUT2D eigenvalue weighted by molar-refractivity contribution is 6.00. The molecule has 2 fully saturated rings. The van der Waals surface area contributed by atoms with Crippen molar-refractivity contribution in [2.24, 2.45) is 35.5 Å². The van der Waals surface area contributed by atoms with E-state index in [1.54, 1.807) is 59.9 Å². The van der Waals surface area contributed by atoms with E-state index in [2.05, 4.69) is 15.6 Å². The van der Waals surface area contributed by atoms with Crippen LogP contribution in [-0.2, 0) is 60.7 Å². The Morgan fingerprint density at radius 3 is 1.89 bits per heavy atom. The van der Waals surface area contributed by atoms with Crippen LogP contribution in [0, 0.1) is 35.5 Å². The predicted molar refractivity (Wildman–Crippen MR) is 343 cm³/mol. The molecule has 4 aromatic rings. The lowest BCUT2D eigenvalue weighted by Gasteiger charge is -2.39. The van der Waals surface area contributed by atoms with E-state index >= 15 is 28.8 Å². The summed E-state index contributed by atoms with van der Waals surface area (Å²) >= 11 is 0. The van der Waals surface area contributed by atoms with Crippen LogP contribution in [0.4, 0.5) is 0 Å². The van der Waals surface area contributed by atoms with Crippen LogP contribution in [0.25, 0.3) is 22.0 Å². The number of hydrogen-bond donors (Lipinski definition) is 3. The number of pyridine rings is 1. The molecule has 0 unspecified atom stereocenters. The highest BCUT2D eigenvalue weighted by Gasteiger charge is 2.48. The number of carbonyl (C=O) groups excluding carboxylic acids is 9. The Morgan fingerprint density at radius 1 is 0.640 bits per heavy atom. The van der Waals surface area contributed by atoms with Crippen molar-refractivity contribution in [1.29, 1.82) is 0 Å². The zero-order chi connectivity index (χ0) is 65.9. The predicted octanol–water partition coefficient (Wildman–Crippen LogP) is 7.68. The molecule has 19 nitrogen and oxygen atoms in total. The molecule has 1 aromatic heterocycles. The van der Waals surface area contributed by atoms with E-state index in [4.69, 9.17) is 4.74 Å². The summed E-state index contributed by atoms with van der Waals surface area (Å²) in [6.45, 7) is 20.9. The fraction of sp³-hybridized carbons (Fsp3) is 0.571. The third-order valence-corrected chi connectivity index (χ3v) is 18.1. The molecule has 0 saturated carbocycles. The van der Waals surface area contributed by atoms with Gasteiger partial charge < -0.3 is 45.0 Å². The van der Waals surface area contributed by atoms with E-state index < -0.39 is 137 Å². The van der Waals surface area contributed by atoms with E-state index in [-0.39, 0.29) is 44.6 Å². The molecule has 2 saturated heterocycles. The van der Waals surface area contributed by atoms with Gasteiger partial charge in [0.05, 0.1) is 17.2 Å². The quantitative estimate of drug-likeness (QED) is 0.103. The van der Waals surface area contributed by atoms with Gasteiger partial charge in [0.15, 0.2) is 17.9 Å². The first-order chi connectivity index (χ1) is 41.9. The number of cyclic esters (lactones) is 1. The smallest absolute Gasteiger partial charge is 0.332 e. The average molecular weight is 1230 g/mol. The van der Waals surface area contributed by atoms with Gasteiger partial charge in [-0.2, -0.15) is 0 Å². The lowest BCUT2D eigenvalue weighted by molar-refractivity contribution is -0.178. The van der Waals surface area contributed by atoms with Crippen LogP contribution < -0.4 is 10.6 Å². The first-order valence-electron chi connectivity index (χ1n) is 31.8. The SMILES string of the molecule is CC[C@H](C)[C@@H]1NC(=O)[C@@H]2CCCN2C(=O)[C@H](Cc2cccc(-c3cccc4ncccc34)c2)N(C)C(=O)[C@H](Cc2ccccc2)NC(=O)[C@H](C(C)C)N(C)C(=O)[C@@H]([C@@H](C)CC)OC(=O)[C@H](C(C)(C)O)N(C)C(=O)[C@H](CC(C)C)CC(=O)[C@H](C(C)C)N(C)C1=O. The molecule has 19 heteroatoms. The lowest BCUT2D eigenvalue weighted by atomic mass is 9.85. The molecule has 89 heavy (non-hydrogen) atoms. The largest absolute Gasteiger partial charge is 0.450 e. The van der Waals surface area contributed by atoms with Gasteiger partial charge in [0.2, 0.25) is 35.4 Å². The first kappa shape index (κ1) is 70.5. The number of aromatic nitrogens is 1. The second-order valence-corrected chi connectivity index (χ2v) is 26.6. The highest BCUT2D eigenvalue weighted by atomic mass is 16.6. The average Bonchev–Trinajstić information content (AvgIpc) is 4.18. The van der Waals surface area contributed by atoms with Crippen molar-refractivity contribution in [1.82, 2.24) is 40.1 Å². The van der Waals surface area contributed by atoms with Gasteiger partial charge in [-0.1, -0.05) is 148 Å². The van der Waals surface area contributed by atoms with Gasteiger partial charge in [0.25, 0.3) is 5.91 Å². The number of aliphatic hydroxyl groups is 1. The molecule has 0 aliphatic carbocycles. The van der Waals surface area contributed by atoms with E-state index in [1.807, 2.05) is 100 Å². The zero-order valence-corrected chi connectivity index (χ0v) is 55.3. The number of nitrogens with zero attached hydrogens (tertiary/aromatic N) is 6. The number of amides is 7. The minimum absolute atomic E-state index is 0.0204. The molecule has 7 amide bonds. The molecule has 6 rings (SSSR count). The van der Waals surface area contributed by atoms with Crippen molar-refractivity contribution in [3.63, 3.8) is 0 Å². The number of carbonyl (C=O) groups is 9. The van der Waals surface area contributed by atoms with Crippen molar-refractivity contribution in [3.8, 4) is 11.1 Å². The van der Waals surface area contributed by atoms with Crippen LogP contribution >= 0.6 is 0 Å². The van der Waals surface area contributed by atoms with E-state index in [0.29, 0.717) is 30.4 Å². The summed E-state index contributed by atoms with van der Waals surface area (Å²) in [7, 11) is 5.78. The van der Waals surface area contributed by atoms with Crippen molar-refractivity contribution >= 4 is 64.0 Å². The number of fused-ring (bicyclic) bond motifs is 2. The summed E-state index contributed by atoms with van der Waals surface area (Å²) in [6, 6.07) is 17.6. The summed E-state index contributed by atoms with van der Waals surface area (Å²) in [5.74, 6) is -9.27. The normalized spacial score (nSPS) is 25.0. The Bertz CT molecular complexity index is 3160. The summed E-state index contributed by atoms with van der Waals surface area (Å²) in [4.78, 5) is 148. The zero-order valence-electron chi connectivity index (χ0n) is 55.3. The molecule has 3 heterocycles. The molecular formula is C70H98N8O11. The molecule has 0 spiro atoms. The number of ether oxygens (including phenoxy) is 1. The van der Waals surface area contributed by atoms with Crippen molar-refractivity contribution in [3.05, 3.63) is 102 Å². The second-order valence-electron chi connectivity index (χ2n) is 26.6. The fourth-order valence-electron chi connectivity index (χ4n) is 13.0. The number of Topliss-reactive ketones (excluding diaryl/α,β-unsaturated/α-hetero) is 1. The number of esters is 1. The maximum absolute atomic E-state index is 15.8. The van der Waals surface area contributed by atoms with Gasteiger partial charge in [-0.15, -0.1) is 0 Å². The van der Waals surface area contributed by atoms with E-state index in [1.165, 1.54) is 61.6 Å². The Morgan fingerprint density at radius 2 is 1.27 bits per heavy atom. The lowest BCUT2D eigenvalue weighted by Crippen LogP contribution is -2.61. The van der Waals surface area contributed by atoms with Crippen LogP contribution in [0.3, 0.4) is 0 Å². The molecular weight excluding hydrogens is 1130 g/mol. The fourth-order valence-corrected chi connectivity index (χ4v) is 13.0. The van der Waals surface area contributed by atoms with Gasteiger partial charge in [0, 0.05) is 77.4 Å². The van der Waals surface area contributed by atoms with Crippen LogP contribution in [0.15, 0.2) is 91.1 Å². The van der Waals surface area contributed by atoms with Gasteiger partial charge in [0.1, 0.15) is 30.2 Å². The third-order valence-electron chi connectivity index (χ3n) is 18.1. The van der Waals surface area contributed by atoms with Crippen molar-refractivity contribution in [2.75, 3.05) is 34.7 Å². The molecule has 3 aromatic carbocycles.